The van der Waals surface area contributed by atoms with Gasteiger partial charge in [-0.05, 0) is 61.7 Å². The highest BCUT2D eigenvalue weighted by Crippen LogP contribution is 2.35. The molecule has 2 aromatic carbocycles. The Balaban J connectivity index is 2.75. The molecule has 110 valence electrons. The van der Waals surface area contributed by atoms with Crippen molar-refractivity contribution in [2.24, 2.45) is 5.73 Å². The zero-order chi connectivity index (χ0) is 15.6. The van der Waals surface area contributed by atoms with Crippen LogP contribution >= 0.6 is 12.2 Å². The monoisotopic (exact) mass is 298 g/mol. The molecule has 2 rings (SSSR count). The SMILES string of the molecule is CCc1cccc(C)c1N(C(N)=S)c1c(C)cccc1C. The second kappa shape index (κ2) is 6.27. The molecule has 21 heavy (non-hydrogen) atoms. The van der Waals surface area contributed by atoms with Crippen LogP contribution in [0.2, 0.25) is 0 Å². The minimum Gasteiger partial charge on any atom is -0.376 e. The maximum Gasteiger partial charge on any atom is 0.175 e. The summed E-state index contributed by atoms with van der Waals surface area (Å²) >= 11 is 5.37. The number of hydrogen-bond acceptors (Lipinski definition) is 1. The van der Waals surface area contributed by atoms with Gasteiger partial charge in [0.15, 0.2) is 5.11 Å². The zero-order valence-electron chi connectivity index (χ0n) is 13.1. The van der Waals surface area contributed by atoms with E-state index in [-0.39, 0.29) is 0 Å². The van der Waals surface area contributed by atoms with Crippen molar-refractivity contribution in [2.45, 2.75) is 34.1 Å². The van der Waals surface area contributed by atoms with Gasteiger partial charge in [0, 0.05) is 0 Å². The smallest absolute Gasteiger partial charge is 0.175 e. The van der Waals surface area contributed by atoms with Crippen LogP contribution in [0.3, 0.4) is 0 Å². The number of aryl methyl sites for hydroxylation is 4. The molecule has 2 N–H and O–H groups in total. The third kappa shape index (κ3) is 2.93. The average Bonchev–Trinajstić information content (AvgIpc) is 2.43. The minimum atomic E-state index is 0.386. The van der Waals surface area contributed by atoms with Crippen LogP contribution in [0.4, 0.5) is 11.4 Å². The Bertz CT molecular complexity index is 657. The first-order valence-electron chi connectivity index (χ1n) is 7.21. The second-order valence-corrected chi connectivity index (χ2v) is 5.77. The summed E-state index contributed by atoms with van der Waals surface area (Å²) in [4.78, 5) is 2.02. The largest absolute Gasteiger partial charge is 0.376 e. The Labute approximate surface area is 132 Å². The number of anilines is 2. The Hall–Kier alpha value is -1.87. The van der Waals surface area contributed by atoms with E-state index in [4.69, 9.17) is 18.0 Å². The van der Waals surface area contributed by atoms with E-state index >= 15 is 0 Å². The van der Waals surface area contributed by atoms with E-state index in [1.807, 2.05) is 4.90 Å². The molecule has 2 aromatic rings. The fourth-order valence-electron chi connectivity index (χ4n) is 2.82. The number of nitrogens with zero attached hydrogens (tertiary/aromatic N) is 1. The standard InChI is InChI=1S/C18H22N2S/c1-5-15-11-7-10-14(4)17(15)20(18(19)21)16-12(2)8-6-9-13(16)3/h6-11H,5H2,1-4H3,(H2,19,21). The Morgan fingerprint density at radius 3 is 1.90 bits per heavy atom. The lowest BCUT2D eigenvalue weighted by Gasteiger charge is -2.30. The van der Waals surface area contributed by atoms with E-state index in [0.29, 0.717) is 5.11 Å². The van der Waals surface area contributed by atoms with Gasteiger partial charge in [-0.2, -0.15) is 0 Å². The summed E-state index contributed by atoms with van der Waals surface area (Å²) in [6.07, 6.45) is 0.945. The number of thiocarbonyl (C=S) groups is 1. The van der Waals surface area contributed by atoms with Crippen molar-refractivity contribution in [1.82, 2.24) is 0 Å². The maximum absolute atomic E-state index is 6.09. The Morgan fingerprint density at radius 2 is 1.43 bits per heavy atom. The topological polar surface area (TPSA) is 29.3 Å². The fraction of sp³-hybridized carbons (Fsp3) is 0.278. The molecule has 0 aliphatic heterocycles. The van der Waals surface area contributed by atoms with Crippen LogP contribution in [0.15, 0.2) is 36.4 Å². The number of benzene rings is 2. The summed E-state index contributed by atoms with van der Waals surface area (Å²) < 4.78 is 0. The van der Waals surface area contributed by atoms with Crippen LogP contribution < -0.4 is 10.6 Å². The van der Waals surface area contributed by atoms with Crippen LogP contribution in [0.25, 0.3) is 0 Å². The zero-order valence-corrected chi connectivity index (χ0v) is 13.9. The quantitative estimate of drug-likeness (QED) is 0.843. The molecular weight excluding hydrogens is 276 g/mol. The molecule has 3 heteroatoms. The molecule has 0 radical (unpaired) electrons. The summed E-state index contributed by atoms with van der Waals surface area (Å²) in [5.74, 6) is 0. The van der Waals surface area contributed by atoms with Gasteiger partial charge in [-0.1, -0.05) is 43.3 Å². The normalized spacial score (nSPS) is 10.5. The fourth-order valence-corrected chi connectivity index (χ4v) is 3.00. The number of nitrogens with two attached hydrogens (primary N) is 1. The van der Waals surface area contributed by atoms with Gasteiger partial charge in [0.05, 0.1) is 11.4 Å². The van der Waals surface area contributed by atoms with Crippen molar-refractivity contribution in [3.63, 3.8) is 0 Å². The maximum atomic E-state index is 6.09. The average molecular weight is 298 g/mol. The Morgan fingerprint density at radius 1 is 0.952 bits per heavy atom. The van der Waals surface area contributed by atoms with Crippen molar-refractivity contribution in [3.8, 4) is 0 Å². The lowest BCUT2D eigenvalue weighted by Crippen LogP contribution is -2.33. The van der Waals surface area contributed by atoms with Crippen LogP contribution in [0.5, 0.6) is 0 Å². The van der Waals surface area contributed by atoms with Gasteiger partial charge in [-0.3, -0.25) is 4.90 Å². The summed E-state index contributed by atoms with van der Waals surface area (Å²) in [5.41, 5.74) is 13.1. The first-order chi connectivity index (χ1) is 9.97. The highest BCUT2D eigenvalue weighted by molar-refractivity contribution is 7.80. The summed E-state index contributed by atoms with van der Waals surface area (Å²) in [5, 5.41) is 0.386. The van der Waals surface area contributed by atoms with Gasteiger partial charge in [0.25, 0.3) is 0 Å². The van der Waals surface area contributed by atoms with Gasteiger partial charge in [0.2, 0.25) is 0 Å². The predicted octanol–water partition coefficient (Wildman–Crippen LogP) is 4.56. The summed E-state index contributed by atoms with van der Waals surface area (Å²) in [7, 11) is 0. The van der Waals surface area contributed by atoms with Gasteiger partial charge < -0.3 is 5.73 Å². The third-order valence-electron chi connectivity index (χ3n) is 3.81. The van der Waals surface area contributed by atoms with Crippen molar-refractivity contribution in [2.75, 3.05) is 4.90 Å². The van der Waals surface area contributed by atoms with Crippen LogP contribution in [0.1, 0.15) is 29.2 Å². The molecule has 0 heterocycles. The number of rotatable bonds is 3. The van der Waals surface area contributed by atoms with Gasteiger partial charge >= 0.3 is 0 Å². The third-order valence-corrected chi connectivity index (χ3v) is 3.99. The first-order valence-corrected chi connectivity index (χ1v) is 7.62. The molecule has 0 saturated carbocycles. The predicted molar refractivity (Wildman–Crippen MR) is 95.4 cm³/mol. The van der Waals surface area contributed by atoms with Crippen LogP contribution in [-0.2, 0) is 6.42 Å². The Kier molecular flexibility index (Phi) is 4.63. The van der Waals surface area contributed by atoms with Crippen LogP contribution in [-0.4, -0.2) is 5.11 Å². The van der Waals surface area contributed by atoms with E-state index in [1.54, 1.807) is 0 Å². The number of para-hydroxylation sites is 2. The lowest BCUT2D eigenvalue weighted by atomic mass is 10.0. The molecular formula is C18H22N2S. The van der Waals surface area contributed by atoms with Crippen molar-refractivity contribution in [3.05, 3.63) is 58.7 Å². The van der Waals surface area contributed by atoms with Crippen molar-refractivity contribution in [1.29, 1.82) is 0 Å². The van der Waals surface area contributed by atoms with E-state index in [2.05, 4.69) is 64.1 Å². The second-order valence-electron chi connectivity index (χ2n) is 5.35. The molecule has 0 unspecified atom stereocenters. The van der Waals surface area contributed by atoms with E-state index in [0.717, 1.165) is 17.8 Å². The van der Waals surface area contributed by atoms with E-state index in [1.165, 1.54) is 22.3 Å². The lowest BCUT2D eigenvalue weighted by molar-refractivity contribution is 1.10. The van der Waals surface area contributed by atoms with Crippen molar-refractivity contribution >= 4 is 28.7 Å². The molecule has 0 saturated heterocycles. The molecule has 2 nitrogen and oxygen atoms in total. The summed E-state index contributed by atoms with van der Waals surface area (Å²) in [6.45, 7) is 8.45. The molecule has 0 fully saturated rings. The molecule has 0 aliphatic carbocycles. The van der Waals surface area contributed by atoms with Gasteiger partial charge in [-0.15, -0.1) is 0 Å². The molecule has 0 amide bonds. The van der Waals surface area contributed by atoms with Crippen molar-refractivity contribution < 1.29 is 0 Å². The molecule has 0 bridgehead atoms. The molecule has 0 aromatic heterocycles. The minimum absolute atomic E-state index is 0.386. The molecule has 0 aliphatic rings. The molecule has 0 spiro atoms. The van der Waals surface area contributed by atoms with Gasteiger partial charge in [-0.25, -0.2) is 0 Å². The summed E-state index contributed by atoms with van der Waals surface area (Å²) in [6, 6.07) is 12.6. The van der Waals surface area contributed by atoms with E-state index in [9.17, 15) is 0 Å². The molecule has 0 atom stereocenters. The van der Waals surface area contributed by atoms with E-state index < -0.39 is 0 Å². The highest BCUT2D eigenvalue weighted by Gasteiger charge is 2.20. The number of hydrogen-bond donors (Lipinski definition) is 1. The van der Waals surface area contributed by atoms with Crippen LogP contribution in [0, 0.1) is 20.8 Å². The first kappa shape index (κ1) is 15.5. The highest BCUT2D eigenvalue weighted by atomic mass is 32.1. The van der Waals surface area contributed by atoms with Gasteiger partial charge in [0.1, 0.15) is 0 Å².